The van der Waals surface area contributed by atoms with Crippen molar-refractivity contribution in [2.45, 2.75) is 6.92 Å². The maximum absolute atomic E-state index is 10.7. The van der Waals surface area contributed by atoms with Gasteiger partial charge in [0, 0.05) is 11.1 Å². The molecule has 0 aliphatic carbocycles. The number of nitrogen functional groups attached to an aromatic ring is 1. The largest absolute Gasteiger partial charge is 0.397 e. The van der Waals surface area contributed by atoms with E-state index in [1.54, 1.807) is 37.3 Å². The molecule has 2 aromatic rings. The van der Waals surface area contributed by atoms with Gasteiger partial charge in [0.05, 0.1) is 16.8 Å². The highest BCUT2D eigenvalue weighted by atomic mass is 16.1. The molecule has 4 heteroatoms. The van der Waals surface area contributed by atoms with Gasteiger partial charge in [-0.05, 0) is 24.1 Å². The van der Waals surface area contributed by atoms with Crippen LogP contribution in [0, 0.1) is 29.6 Å². The van der Waals surface area contributed by atoms with E-state index in [2.05, 4.69) is 0 Å². The highest BCUT2D eigenvalue weighted by Crippen LogP contribution is 2.32. The summed E-state index contributed by atoms with van der Waals surface area (Å²) in [5.74, 6) is 0. The van der Waals surface area contributed by atoms with Gasteiger partial charge in [-0.25, -0.2) is 0 Å². The molecule has 0 atom stereocenters. The summed E-state index contributed by atoms with van der Waals surface area (Å²) in [5, 5.41) is 18.3. The van der Waals surface area contributed by atoms with E-state index in [1.165, 1.54) is 0 Å². The lowest BCUT2D eigenvalue weighted by Crippen LogP contribution is -2.00. The Morgan fingerprint density at radius 1 is 1.10 bits per heavy atom. The van der Waals surface area contributed by atoms with Gasteiger partial charge in [0.15, 0.2) is 0 Å². The maximum Gasteiger partial charge on any atom is 0.150 e. The first-order valence-corrected chi connectivity index (χ1v) is 5.91. The van der Waals surface area contributed by atoms with E-state index in [0.29, 0.717) is 16.7 Å². The summed E-state index contributed by atoms with van der Waals surface area (Å²) in [6.07, 6.45) is 0.757. The fraction of sp³-hybridized carbons (Fsp3) is 0.0625. The summed E-state index contributed by atoms with van der Waals surface area (Å²) in [6, 6.07) is 12.7. The zero-order valence-electron chi connectivity index (χ0n) is 10.8. The minimum absolute atomic E-state index is 0.199. The second kappa shape index (κ2) is 5.26. The number of anilines is 1. The molecule has 0 radical (unpaired) electrons. The monoisotopic (exact) mass is 261 g/mol. The molecule has 2 rings (SSSR count). The number of carbonyl (C=O) groups is 1. The van der Waals surface area contributed by atoms with Crippen LogP contribution in [0.3, 0.4) is 0 Å². The first kappa shape index (κ1) is 13.3. The number of aldehydes is 1. The number of nitrogens with zero attached hydrogens (tertiary/aromatic N) is 2. The number of carbonyl (C=O) groups excluding carboxylic acids is 1. The molecule has 2 N–H and O–H groups in total. The molecule has 20 heavy (non-hydrogen) atoms. The standard InChI is InChI=1S/C16H11N3O/c1-10-6-13(12-4-2-11(9-20)3-5-12)15(8-18)16(19)14(10)7-17/h2-6,9H,19H2,1H3. The van der Waals surface area contributed by atoms with Gasteiger partial charge in [0.2, 0.25) is 0 Å². The van der Waals surface area contributed by atoms with E-state index in [9.17, 15) is 10.1 Å². The van der Waals surface area contributed by atoms with Crippen molar-refractivity contribution in [3.63, 3.8) is 0 Å². The lowest BCUT2D eigenvalue weighted by molar-refractivity contribution is 0.112. The molecule has 0 spiro atoms. The van der Waals surface area contributed by atoms with Crippen LogP contribution in [0.15, 0.2) is 30.3 Å². The second-order valence-electron chi connectivity index (χ2n) is 4.37. The minimum atomic E-state index is 0.199. The van der Waals surface area contributed by atoms with Gasteiger partial charge in [-0.2, -0.15) is 10.5 Å². The lowest BCUT2D eigenvalue weighted by atomic mass is 9.93. The van der Waals surface area contributed by atoms with Gasteiger partial charge in [-0.1, -0.05) is 24.3 Å². The third-order valence-electron chi connectivity index (χ3n) is 3.14. The lowest BCUT2D eigenvalue weighted by Gasteiger charge is -2.11. The summed E-state index contributed by atoms with van der Waals surface area (Å²) in [7, 11) is 0. The molecule has 4 nitrogen and oxygen atoms in total. The van der Waals surface area contributed by atoms with E-state index in [0.717, 1.165) is 17.4 Å². The van der Waals surface area contributed by atoms with E-state index in [4.69, 9.17) is 11.0 Å². The Balaban J connectivity index is 2.71. The fourth-order valence-electron chi connectivity index (χ4n) is 2.08. The van der Waals surface area contributed by atoms with Gasteiger partial charge in [-0.15, -0.1) is 0 Å². The van der Waals surface area contributed by atoms with Crippen LogP contribution < -0.4 is 5.73 Å². The van der Waals surface area contributed by atoms with E-state index in [1.807, 2.05) is 12.1 Å². The second-order valence-corrected chi connectivity index (χ2v) is 4.37. The minimum Gasteiger partial charge on any atom is -0.397 e. The van der Waals surface area contributed by atoms with Gasteiger partial charge in [0.1, 0.15) is 18.4 Å². The Bertz CT molecular complexity index is 762. The van der Waals surface area contributed by atoms with Crippen LogP contribution in [0.2, 0.25) is 0 Å². The molecule has 0 aromatic heterocycles. The Morgan fingerprint density at radius 2 is 1.70 bits per heavy atom. The van der Waals surface area contributed by atoms with Crippen molar-refractivity contribution >= 4 is 12.0 Å². The average molecular weight is 261 g/mol. The quantitative estimate of drug-likeness (QED) is 0.664. The maximum atomic E-state index is 10.7. The number of hydrogen-bond acceptors (Lipinski definition) is 4. The molecule has 0 unspecified atom stereocenters. The van der Waals surface area contributed by atoms with E-state index < -0.39 is 0 Å². The van der Waals surface area contributed by atoms with Crippen LogP contribution in [-0.2, 0) is 0 Å². The molecule has 0 fully saturated rings. The Hall–Kier alpha value is -3.11. The molecule has 0 aliphatic rings. The zero-order chi connectivity index (χ0) is 14.7. The van der Waals surface area contributed by atoms with Crippen LogP contribution in [0.1, 0.15) is 27.0 Å². The third kappa shape index (κ3) is 2.11. The predicted molar refractivity (Wildman–Crippen MR) is 75.8 cm³/mol. The number of benzene rings is 2. The zero-order valence-corrected chi connectivity index (χ0v) is 10.8. The number of nitrogens with two attached hydrogens (primary N) is 1. The van der Waals surface area contributed by atoms with Crippen molar-refractivity contribution in [3.8, 4) is 23.3 Å². The predicted octanol–water partition coefficient (Wildman–Crippen LogP) is 2.80. The number of rotatable bonds is 2. The van der Waals surface area contributed by atoms with Crippen molar-refractivity contribution < 1.29 is 4.79 Å². The molecular weight excluding hydrogens is 250 g/mol. The first-order valence-electron chi connectivity index (χ1n) is 5.91. The molecule has 0 bridgehead atoms. The van der Waals surface area contributed by atoms with Crippen molar-refractivity contribution in [1.82, 2.24) is 0 Å². The van der Waals surface area contributed by atoms with Crippen LogP contribution in [0.25, 0.3) is 11.1 Å². The summed E-state index contributed by atoms with van der Waals surface area (Å²) < 4.78 is 0. The molecule has 0 saturated carbocycles. The van der Waals surface area contributed by atoms with Crippen molar-refractivity contribution in [2.24, 2.45) is 0 Å². The SMILES string of the molecule is Cc1cc(-c2ccc(C=O)cc2)c(C#N)c(N)c1C#N. The summed E-state index contributed by atoms with van der Waals surface area (Å²) in [5.41, 5.74) is 9.44. The van der Waals surface area contributed by atoms with E-state index in [-0.39, 0.29) is 11.3 Å². The molecule has 0 amide bonds. The number of aryl methyl sites for hydroxylation is 1. The first-order chi connectivity index (χ1) is 9.62. The van der Waals surface area contributed by atoms with Gasteiger partial charge in [0.25, 0.3) is 0 Å². The fourth-order valence-corrected chi connectivity index (χ4v) is 2.08. The molecule has 2 aromatic carbocycles. The highest BCUT2D eigenvalue weighted by molar-refractivity contribution is 5.83. The molecular formula is C16H11N3O. The van der Waals surface area contributed by atoms with Gasteiger partial charge >= 0.3 is 0 Å². The van der Waals surface area contributed by atoms with Crippen LogP contribution in [0.4, 0.5) is 5.69 Å². The smallest absolute Gasteiger partial charge is 0.150 e. The Kier molecular flexibility index (Phi) is 3.50. The van der Waals surface area contributed by atoms with Crippen LogP contribution >= 0.6 is 0 Å². The number of hydrogen-bond donors (Lipinski definition) is 1. The van der Waals surface area contributed by atoms with Crippen LogP contribution in [-0.4, -0.2) is 6.29 Å². The molecule has 0 heterocycles. The van der Waals surface area contributed by atoms with Crippen LogP contribution in [0.5, 0.6) is 0 Å². The van der Waals surface area contributed by atoms with Gasteiger partial charge < -0.3 is 5.73 Å². The van der Waals surface area contributed by atoms with Gasteiger partial charge in [-0.3, -0.25) is 4.79 Å². The van der Waals surface area contributed by atoms with E-state index >= 15 is 0 Å². The van der Waals surface area contributed by atoms with Crippen molar-refractivity contribution in [1.29, 1.82) is 10.5 Å². The normalized spacial score (nSPS) is 9.55. The molecule has 96 valence electrons. The Labute approximate surface area is 116 Å². The average Bonchev–Trinajstić information content (AvgIpc) is 2.47. The van der Waals surface area contributed by atoms with Crippen molar-refractivity contribution in [2.75, 3.05) is 5.73 Å². The Morgan fingerprint density at radius 3 is 2.20 bits per heavy atom. The molecule has 0 saturated heterocycles. The molecule has 0 aliphatic heterocycles. The topological polar surface area (TPSA) is 90.7 Å². The highest BCUT2D eigenvalue weighted by Gasteiger charge is 2.15. The number of nitriles is 2. The summed E-state index contributed by atoms with van der Waals surface area (Å²) >= 11 is 0. The third-order valence-corrected chi connectivity index (χ3v) is 3.14. The summed E-state index contributed by atoms with van der Waals surface area (Å²) in [4.78, 5) is 10.7. The van der Waals surface area contributed by atoms with Crippen molar-refractivity contribution in [3.05, 3.63) is 52.6 Å². The summed E-state index contributed by atoms with van der Waals surface area (Å²) in [6.45, 7) is 1.78.